The number of alkyl halides is 3. The molecule has 10 heteroatoms. The molecule has 0 bridgehead atoms. The Hall–Kier alpha value is -3.48. The van der Waals surface area contributed by atoms with Crippen molar-refractivity contribution in [1.82, 2.24) is 0 Å². The summed E-state index contributed by atoms with van der Waals surface area (Å²) in [6, 6.07) is 8.42. The van der Waals surface area contributed by atoms with E-state index in [2.05, 4.69) is 11.0 Å². The van der Waals surface area contributed by atoms with Crippen LogP contribution in [0.15, 0.2) is 41.5 Å². The number of rotatable bonds is 6. The number of halogens is 5. The van der Waals surface area contributed by atoms with Crippen molar-refractivity contribution >= 4 is 17.1 Å². The lowest BCUT2D eigenvalue weighted by Gasteiger charge is -2.34. The monoisotopic (exact) mass is 547 g/mol. The van der Waals surface area contributed by atoms with Gasteiger partial charge in [0, 0.05) is 44.0 Å². The highest BCUT2D eigenvalue weighted by Crippen LogP contribution is 2.36. The SMILES string of the molecule is C#C[C@H]1[C@H](C)C(C(F)(F)F)=NN1c1ccc(OC2CCN(c3cc(OC4CCCC4)cc(F)c3F)CC2)cc1. The first kappa shape index (κ1) is 27.1. The third-order valence-corrected chi connectivity index (χ3v) is 7.62. The summed E-state index contributed by atoms with van der Waals surface area (Å²) in [6.45, 7) is 2.35. The number of anilines is 2. The van der Waals surface area contributed by atoms with Crippen molar-refractivity contribution in [1.29, 1.82) is 0 Å². The number of nitrogens with zero attached hydrogens (tertiary/aromatic N) is 3. The molecule has 39 heavy (non-hydrogen) atoms. The van der Waals surface area contributed by atoms with Gasteiger partial charge in [-0.2, -0.15) is 18.3 Å². The molecule has 2 aromatic carbocycles. The molecule has 0 unspecified atom stereocenters. The summed E-state index contributed by atoms with van der Waals surface area (Å²) < 4.78 is 80.9. The van der Waals surface area contributed by atoms with Crippen molar-refractivity contribution in [3.63, 3.8) is 0 Å². The summed E-state index contributed by atoms with van der Waals surface area (Å²) in [5.74, 6) is 0.535. The molecule has 3 aliphatic rings. The van der Waals surface area contributed by atoms with E-state index in [-0.39, 0.29) is 17.9 Å². The average Bonchev–Trinajstić information content (AvgIpc) is 3.54. The van der Waals surface area contributed by atoms with Crippen LogP contribution >= 0.6 is 0 Å². The second kappa shape index (κ2) is 10.9. The Morgan fingerprint density at radius 1 is 0.923 bits per heavy atom. The highest BCUT2D eigenvalue weighted by molar-refractivity contribution is 5.95. The minimum absolute atomic E-state index is 0.0399. The van der Waals surface area contributed by atoms with Gasteiger partial charge in [0.2, 0.25) is 0 Å². The Kier molecular flexibility index (Phi) is 7.61. The van der Waals surface area contributed by atoms with Crippen LogP contribution in [0.5, 0.6) is 11.5 Å². The number of ether oxygens (including phenoxy) is 2. The minimum Gasteiger partial charge on any atom is -0.490 e. The fourth-order valence-electron chi connectivity index (χ4n) is 5.51. The molecule has 1 saturated carbocycles. The number of piperidine rings is 1. The molecule has 0 radical (unpaired) electrons. The Morgan fingerprint density at radius 3 is 2.15 bits per heavy atom. The number of hydrazone groups is 1. The predicted molar refractivity (Wildman–Crippen MR) is 139 cm³/mol. The van der Waals surface area contributed by atoms with Crippen LogP contribution in [0.25, 0.3) is 0 Å². The summed E-state index contributed by atoms with van der Waals surface area (Å²) in [5.41, 5.74) is -0.277. The fourth-order valence-corrected chi connectivity index (χ4v) is 5.51. The molecule has 0 N–H and O–H groups in total. The van der Waals surface area contributed by atoms with Gasteiger partial charge >= 0.3 is 6.18 Å². The van der Waals surface area contributed by atoms with Gasteiger partial charge in [-0.05, 0) is 49.9 Å². The lowest BCUT2D eigenvalue weighted by atomic mass is 9.98. The molecule has 2 fully saturated rings. The second-order valence-corrected chi connectivity index (χ2v) is 10.3. The highest BCUT2D eigenvalue weighted by Gasteiger charge is 2.47. The summed E-state index contributed by atoms with van der Waals surface area (Å²) in [7, 11) is 0. The third-order valence-electron chi connectivity index (χ3n) is 7.62. The Labute approximate surface area is 224 Å². The molecule has 5 rings (SSSR count). The molecule has 1 aliphatic carbocycles. The summed E-state index contributed by atoms with van der Waals surface area (Å²) in [6.07, 6.45) is 6.00. The van der Waals surface area contributed by atoms with E-state index < -0.39 is 35.5 Å². The van der Waals surface area contributed by atoms with E-state index in [9.17, 15) is 22.0 Å². The van der Waals surface area contributed by atoms with Crippen molar-refractivity contribution in [2.75, 3.05) is 23.0 Å². The molecule has 2 aliphatic heterocycles. The minimum atomic E-state index is -4.56. The Bertz CT molecular complexity index is 1240. The van der Waals surface area contributed by atoms with E-state index in [0.717, 1.165) is 31.7 Å². The van der Waals surface area contributed by atoms with Gasteiger partial charge in [0.25, 0.3) is 0 Å². The highest BCUT2D eigenvalue weighted by atomic mass is 19.4. The van der Waals surface area contributed by atoms with Crippen LogP contribution in [0.1, 0.15) is 45.4 Å². The maximum Gasteiger partial charge on any atom is 0.431 e. The summed E-state index contributed by atoms with van der Waals surface area (Å²) >= 11 is 0. The molecule has 2 heterocycles. The van der Waals surface area contributed by atoms with Crippen LogP contribution in [-0.2, 0) is 0 Å². The summed E-state index contributed by atoms with van der Waals surface area (Å²) in [5, 5.41) is 4.98. The number of hydrogen-bond acceptors (Lipinski definition) is 5. The quantitative estimate of drug-likeness (QED) is 0.298. The molecule has 2 atom stereocenters. The normalized spacial score (nSPS) is 22.6. The first-order valence-corrected chi connectivity index (χ1v) is 13.2. The van der Waals surface area contributed by atoms with Crippen molar-refractivity contribution in [3.8, 4) is 23.8 Å². The first-order chi connectivity index (χ1) is 18.6. The van der Waals surface area contributed by atoms with E-state index in [1.165, 1.54) is 11.9 Å². The van der Waals surface area contributed by atoms with Gasteiger partial charge in [0.15, 0.2) is 11.6 Å². The van der Waals surface area contributed by atoms with Crippen LogP contribution in [-0.4, -0.2) is 43.2 Å². The maximum absolute atomic E-state index is 14.7. The summed E-state index contributed by atoms with van der Waals surface area (Å²) in [4.78, 5) is 1.80. The van der Waals surface area contributed by atoms with E-state index in [4.69, 9.17) is 15.9 Å². The van der Waals surface area contributed by atoms with Crippen LogP contribution in [0.4, 0.5) is 33.3 Å². The van der Waals surface area contributed by atoms with Gasteiger partial charge in [0.05, 0.1) is 17.5 Å². The van der Waals surface area contributed by atoms with Gasteiger partial charge in [0.1, 0.15) is 29.4 Å². The van der Waals surface area contributed by atoms with Gasteiger partial charge in [-0.15, -0.1) is 6.42 Å². The van der Waals surface area contributed by atoms with Crippen molar-refractivity contribution in [2.45, 2.75) is 69.9 Å². The van der Waals surface area contributed by atoms with Crippen LogP contribution in [0.2, 0.25) is 0 Å². The molecule has 5 nitrogen and oxygen atoms in total. The number of terminal acetylenes is 1. The lowest BCUT2D eigenvalue weighted by molar-refractivity contribution is -0.0618. The molecule has 0 spiro atoms. The average molecular weight is 548 g/mol. The molecule has 2 aromatic rings. The molecule has 208 valence electrons. The Balaban J connectivity index is 1.20. The zero-order valence-electron chi connectivity index (χ0n) is 21.6. The molecule has 0 aromatic heterocycles. The number of benzene rings is 2. The van der Waals surface area contributed by atoms with E-state index in [0.29, 0.717) is 43.1 Å². The largest absolute Gasteiger partial charge is 0.490 e. The van der Waals surface area contributed by atoms with Gasteiger partial charge in [-0.1, -0.05) is 12.8 Å². The van der Waals surface area contributed by atoms with Crippen molar-refractivity contribution in [2.24, 2.45) is 11.0 Å². The van der Waals surface area contributed by atoms with Crippen LogP contribution in [0, 0.1) is 29.9 Å². The topological polar surface area (TPSA) is 37.3 Å². The Morgan fingerprint density at radius 2 is 1.54 bits per heavy atom. The van der Waals surface area contributed by atoms with Crippen molar-refractivity contribution < 1.29 is 31.4 Å². The maximum atomic E-state index is 14.7. The lowest BCUT2D eigenvalue weighted by Crippen LogP contribution is -2.38. The van der Waals surface area contributed by atoms with E-state index >= 15 is 0 Å². The zero-order valence-corrected chi connectivity index (χ0v) is 21.6. The molecule has 1 saturated heterocycles. The second-order valence-electron chi connectivity index (χ2n) is 10.3. The number of hydrogen-bond donors (Lipinski definition) is 0. The molecular formula is C29H30F5N3O2. The van der Waals surface area contributed by atoms with Gasteiger partial charge in [-0.3, -0.25) is 0 Å². The molecule has 0 amide bonds. The molecular weight excluding hydrogens is 517 g/mol. The van der Waals surface area contributed by atoms with Gasteiger partial charge < -0.3 is 14.4 Å². The zero-order chi connectivity index (χ0) is 27.7. The first-order valence-electron chi connectivity index (χ1n) is 13.2. The van der Waals surface area contributed by atoms with Crippen LogP contribution < -0.4 is 19.4 Å². The van der Waals surface area contributed by atoms with Crippen LogP contribution in [0.3, 0.4) is 0 Å². The third kappa shape index (κ3) is 5.77. The van der Waals surface area contributed by atoms with Gasteiger partial charge in [-0.25, -0.2) is 13.8 Å². The van der Waals surface area contributed by atoms with E-state index in [1.54, 1.807) is 35.2 Å². The standard InChI is InChI=1S/C29H30F5N3O2/c1-3-25-18(2)28(29(32,33)34)35-37(25)19-8-10-21(11-9-19)38-22-12-14-36(15-13-22)26-17-23(16-24(30)27(26)31)39-20-6-4-5-7-20/h1,8-11,16-18,20,22,25H,4-7,12-15H2,2H3/t18-,25-/m0/s1. The smallest absolute Gasteiger partial charge is 0.431 e. The van der Waals surface area contributed by atoms with E-state index in [1.807, 2.05) is 0 Å². The predicted octanol–water partition coefficient (Wildman–Crippen LogP) is 6.71. The van der Waals surface area contributed by atoms with Crippen molar-refractivity contribution in [3.05, 3.63) is 48.0 Å². The fraction of sp³-hybridized carbons (Fsp3) is 0.483.